The van der Waals surface area contributed by atoms with Gasteiger partial charge in [0.05, 0.1) is 0 Å². The zero-order chi connectivity index (χ0) is 18.9. The summed E-state index contributed by atoms with van der Waals surface area (Å²) in [6.07, 6.45) is 16.4. The number of carbonyl (C=O) groups is 2. The van der Waals surface area contributed by atoms with Gasteiger partial charge in [0, 0.05) is 6.42 Å². The van der Waals surface area contributed by atoms with Crippen molar-refractivity contribution in [3.63, 3.8) is 0 Å². The molecule has 0 radical (unpaired) electrons. The SMILES string of the molecule is CCCCCCCCCCCCCCC(=O)N[C@H](C(=O)O)C(C)CC.[NaH]. The monoisotopic (exact) mass is 379 g/mol. The Hall–Kier alpha value is -0.0600. The van der Waals surface area contributed by atoms with Crippen LogP contribution in [0.25, 0.3) is 0 Å². The molecule has 2 atom stereocenters. The number of carbonyl (C=O) groups excluding carboxylic acids is 1. The molecule has 0 bridgehead atoms. The van der Waals surface area contributed by atoms with Crippen LogP contribution in [0.15, 0.2) is 0 Å². The van der Waals surface area contributed by atoms with Crippen LogP contribution in [0.1, 0.15) is 111 Å². The summed E-state index contributed by atoms with van der Waals surface area (Å²) >= 11 is 0. The van der Waals surface area contributed by atoms with E-state index < -0.39 is 12.0 Å². The molecule has 1 amide bonds. The van der Waals surface area contributed by atoms with E-state index in [-0.39, 0.29) is 41.4 Å². The van der Waals surface area contributed by atoms with Gasteiger partial charge in [0.15, 0.2) is 0 Å². The van der Waals surface area contributed by atoms with Gasteiger partial charge in [-0.05, 0) is 12.3 Å². The van der Waals surface area contributed by atoms with Crippen LogP contribution in [0.5, 0.6) is 0 Å². The van der Waals surface area contributed by atoms with E-state index in [0.29, 0.717) is 6.42 Å². The Bertz CT molecular complexity index is 350. The van der Waals surface area contributed by atoms with E-state index in [4.69, 9.17) is 0 Å². The first-order chi connectivity index (χ1) is 12.0. The number of carboxylic acids is 1. The van der Waals surface area contributed by atoms with Crippen molar-refractivity contribution >= 4 is 41.4 Å². The Kier molecular flexibility index (Phi) is 21.3. The van der Waals surface area contributed by atoms with E-state index in [1.807, 2.05) is 13.8 Å². The number of rotatable bonds is 17. The molecule has 0 aromatic carbocycles. The number of amides is 1. The molecule has 1 unspecified atom stereocenters. The van der Waals surface area contributed by atoms with Gasteiger partial charge in [-0.25, -0.2) is 4.79 Å². The summed E-state index contributed by atoms with van der Waals surface area (Å²) in [7, 11) is 0. The number of carboxylic acid groups (broad SMARTS) is 1. The molecule has 0 saturated carbocycles. The van der Waals surface area contributed by atoms with Crippen molar-refractivity contribution in [2.75, 3.05) is 0 Å². The summed E-state index contributed by atoms with van der Waals surface area (Å²) in [5, 5.41) is 11.9. The molecule has 0 spiro atoms. The Balaban J connectivity index is 0. The predicted octanol–water partition coefficient (Wildman–Crippen LogP) is 5.04. The molecule has 150 valence electrons. The first-order valence-electron chi connectivity index (χ1n) is 10.5. The van der Waals surface area contributed by atoms with E-state index >= 15 is 0 Å². The van der Waals surface area contributed by atoms with Crippen molar-refractivity contribution in [3.8, 4) is 0 Å². The van der Waals surface area contributed by atoms with Crippen molar-refractivity contribution in [3.05, 3.63) is 0 Å². The Morgan fingerprint density at radius 3 is 1.62 bits per heavy atom. The number of hydrogen-bond acceptors (Lipinski definition) is 2. The van der Waals surface area contributed by atoms with Gasteiger partial charge in [-0.15, -0.1) is 0 Å². The summed E-state index contributed by atoms with van der Waals surface area (Å²) in [5.74, 6) is -1.10. The number of nitrogens with one attached hydrogen (secondary N) is 1. The van der Waals surface area contributed by atoms with Gasteiger partial charge in [0.2, 0.25) is 5.91 Å². The maximum atomic E-state index is 11.9. The van der Waals surface area contributed by atoms with Crippen LogP contribution in [0.4, 0.5) is 0 Å². The van der Waals surface area contributed by atoms with Gasteiger partial charge in [-0.1, -0.05) is 97.8 Å². The van der Waals surface area contributed by atoms with Crippen LogP contribution in [0.3, 0.4) is 0 Å². The van der Waals surface area contributed by atoms with Crippen molar-refractivity contribution in [2.24, 2.45) is 5.92 Å². The van der Waals surface area contributed by atoms with Gasteiger partial charge in [-0.3, -0.25) is 4.79 Å². The number of hydrogen-bond donors (Lipinski definition) is 2. The molecule has 0 saturated heterocycles. The maximum absolute atomic E-state index is 11.9. The zero-order valence-electron chi connectivity index (χ0n) is 16.8. The van der Waals surface area contributed by atoms with Crippen LogP contribution in [0.2, 0.25) is 0 Å². The van der Waals surface area contributed by atoms with E-state index in [9.17, 15) is 14.7 Å². The van der Waals surface area contributed by atoms with Crippen molar-refractivity contribution in [1.29, 1.82) is 0 Å². The summed E-state index contributed by atoms with van der Waals surface area (Å²) in [6.45, 7) is 6.06. The van der Waals surface area contributed by atoms with Gasteiger partial charge in [-0.2, -0.15) is 0 Å². The predicted molar refractivity (Wildman–Crippen MR) is 112 cm³/mol. The molecule has 0 aliphatic heterocycles. The van der Waals surface area contributed by atoms with Crippen LogP contribution in [-0.4, -0.2) is 52.6 Å². The average Bonchev–Trinajstić information content (AvgIpc) is 2.59. The minimum absolute atomic E-state index is 0. The summed E-state index contributed by atoms with van der Waals surface area (Å²) < 4.78 is 0. The average molecular weight is 380 g/mol. The second-order valence-corrected chi connectivity index (χ2v) is 7.41. The van der Waals surface area contributed by atoms with Crippen LogP contribution in [-0.2, 0) is 9.59 Å². The summed E-state index contributed by atoms with van der Waals surface area (Å²) in [5.41, 5.74) is 0. The van der Waals surface area contributed by atoms with Crippen molar-refractivity contribution < 1.29 is 14.7 Å². The fourth-order valence-corrected chi connectivity index (χ4v) is 3.06. The van der Waals surface area contributed by atoms with Gasteiger partial charge in [0.1, 0.15) is 6.04 Å². The molecule has 0 rings (SSSR count). The molecule has 0 aliphatic rings. The van der Waals surface area contributed by atoms with E-state index in [1.165, 1.54) is 64.2 Å². The first-order valence-corrected chi connectivity index (χ1v) is 10.5. The second-order valence-electron chi connectivity index (χ2n) is 7.41. The second kappa shape index (κ2) is 19.7. The van der Waals surface area contributed by atoms with Crippen molar-refractivity contribution in [1.82, 2.24) is 5.32 Å². The standard InChI is InChI=1S/C21H41NO3.Na.H/c1-4-6-7-8-9-10-11-12-13-14-15-16-17-19(23)22-20(21(24)25)18(3)5-2;;/h18,20H,4-17H2,1-3H3,(H,22,23)(H,24,25);;/t18?,20-;;/m0../s1. The molecular weight excluding hydrogens is 337 g/mol. The molecule has 5 heteroatoms. The Morgan fingerprint density at radius 1 is 0.808 bits per heavy atom. The molecule has 0 aromatic rings. The van der Waals surface area contributed by atoms with Gasteiger partial charge < -0.3 is 10.4 Å². The Morgan fingerprint density at radius 2 is 1.23 bits per heavy atom. The molecule has 4 nitrogen and oxygen atoms in total. The first kappa shape index (κ1) is 28.2. The van der Waals surface area contributed by atoms with E-state index in [1.54, 1.807) is 0 Å². The molecule has 0 aliphatic carbocycles. The molecule has 0 fully saturated rings. The number of unbranched alkanes of at least 4 members (excludes halogenated alkanes) is 11. The van der Waals surface area contributed by atoms with Gasteiger partial charge in [0.25, 0.3) is 0 Å². The number of aliphatic carboxylic acids is 1. The van der Waals surface area contributed by atoms with Crippen LogP contribution in [0, 0.1) is 5.92 Å². The molecular formula is C21H42NNaO3. The van der Waals surface area contributed by atoms with Crippen LogP contribution >= 0.6 is 0 Å². The fraction of sp³-hybridized carbons (Fsp3) is 0.905. The molecule has 2 N–H and O–H groups in total. The normalized spacial score (nSPS) is 12.9. The molecule has 0 heterocycles. The Labute approximate surface area is 183 Å². The summed E-state index contributed by atoms with van der Waals surface area (Å²) in [6, 6.07) is -0.755. The van der Waals surface area contributed by atoms with Crippen molar-refractivity contribution in [2.45, 2.75) is 117 Å². The molecule has 26 heavy (non-hydrogen) atoms. The van der Waals surface area contributed by atoms with Crippen LogP contribution < -0.4 is 5.32 Å². The third-order valence-corrected chi connectivity index (χ3v) is 5.05. The zero-order valence-corrected chi connectivity index (χ0v) is 16.8. The van der Waals surface area contributed by atoms with E-state index in [2.05, 4.69) is 12.2 Å². The van der Waals surface area contributed by atoms with Gasteiger partial charge >= 0.3 is 35.5 Å². The summed E-state index contributed by atoms with van der Waals surface area (Å²) in [4.78, 5) is 23.1. The molecule has 0 aromatic heterocycles. The quantitative estimate of drug-likeness (QED) is 0.275. The van der Waals surface area contributed by atoms with E-state index in [0.717, 1.165) is 19.3 Å². The topological polar surface area (TPSA) is 66.4 Å². The third-order valence-electron chi connectivity index (χ3n) is 5.05. The fourth-order valence-electron chi connectivity index (χ4n) is 3.06. The minimum atomic E-state index is -0.933. The third kappa shape index (κ3) is 16.1.